The summed E-state index contributed by atoms with van der Waals surface area (Å²) >= 11 is 0. The Morgan fingerprint density at radius 2 is 1.30 bits per heavy atom. The fourth-order valence-electron chi connectivity index (χ4n) is 2.60. The highest BCUT2D eigenvalue weighted by Gasteiger charge is 2.15. The maximum absolute atomic E-state index is 9.02. The molecule has 23 heavy (non-hydrogen) atoms. The molecule has 0 saturated carbocycles. The maximum Gasteiger partial charge on any atom is 0.0913 e. The summed E-state index contributed by atoms with van der Waals surface area (Å²) in [5.41, 5.74) is 1.32. The van der Waals surface area contributed by atoms with Crippen LogP contribution in [0.15, 0.2) is 30.3 Å². The third kappa shape index (κ3) is 11.2. The van der Waals surface area contributed by atoms with Crippen LogP contribution < -0.4 is 0 Å². The first-order chi connectivity index (χ1) is 11.1. The Balaban J connectivity index is 0.000000568. The van der Waals surface area contributed by atoms with Crippen LogP contribution in [-0.2, 0) is 0 Å². The number of aryl methyl sites for hydroxylation is 1. The number of unbranched alkanes of at least 4 members (excludes halogenated alkanes) is 3. The molecule has 1 rings (SSSR count). The second-order valence-electron chi connectivity index (χ2n) is 6.36. The van der Waals surface area contributed by atoms with Crippen LogP contribution in [-0.4, -0.2) is 24.3 Å². The molecule has 1 aromatic carbocycles. The van der Waals surface area contributed by atoms with Crippen LogP contribution in [0.1, 0.15) is 64.9 Å². The number of hydrogen-bond donors (Lipinski definition) is 0. The summed E-state index contributed by atoms with van der Waals surface area (Å²) in [6.07, 6.45) is 11.7. The van der Waals surface area contributed by atoms with Crippen LogP contribution in [0.5, 0.6) is 0 Å². The molecule has 0 aromatic heterocycles. The van der Waals surface area contributed by atoms with Crippen molar-refractivity contribution in [1.82, 2.24) is 0 Å². The lowest BCUT2D eigenvalue weighted by molar-refractivity contribution is 0.845. The maximum atomic E-state index is 9.02. The van der Waals surface area contributed by atoms with Crippen LogP contribution in [0.2, 0.25) is 0 Å². The van der Waals surface area contributed by atoms with E-state index in [1.807, 2.05) is 24.0 Å². The quantitative estimate of drug-likeness (QED) is 0.460. The molecule has 0 saturated heterocycles. The third-order valence-electron chi connectivity index (χ3n) is 4.14. The van der Waals surface area contributed by atoms with Crippen molar-refractivity contribution >= 4 is 12.7 Å². The van der Waals surface area contributed by atoms with Crippen LogP contribution in [0.25, 0.3) is 0 Å². The van der Waals surface area contributed by atoms with Gasteiger partial charge in [0.1, 0.15) is 0 Å². The Morgan fingerprint density at radius 1 is 0.870 bits per heavy atom. The van der Waals surface area contributed by atoms with Gasteiger partial charge in [0.15, 0.2) is 0 Å². The molecular formula is C21H36NP. The smallest absolute Gasteiger partial charge is 0.0913 e. The second-order valence-corrected chi connectivity index (χ2v) is 10.4. The molecule has 0 aliphatic heterocycles. The minimum atomic E-state index is -1.03. The van der Waals surface area contributed by atoms with Crippen molar-refractivity contribution in [2.75, 3.05) is 18.5 Å². The molecule has 0 aliphatic carbocycles. The summed E-state index contributed by atoms with van der Waals surface area (Å²) in [5.74, 6) is 2.05. The molecule has 0 spiro atoms. The summed E-state index contributed by atoms with van der Waals surface area (Å²) in [4.78, 5) is 0. The SMILES string of the molecule is CCCCP(=CC#N)(CCCC)CCCC.Cc1ccccc1. The van der Waals surface area contributed by atoms with Crippen molar-refractivity contribution in [3.05, 3.63) is 35.9 Å². The highest BCUT2D eigenvalue weighted by atomic mass is 31.2. The summed E-state index contributed by atoms with van der Waals surface area (Å²) in [6.45, 7) is 7.80. The van der Waals surface area contributed by atoms with Gasteiger partial charge >= 0.3 is 0 Å². The average molecular weight is 333 g/mol. The van der Waals surface area contributed by atoms with E-state index in [2.05, 4.69) is 45.9 Å². The minimum Gasteiger partial charge on any atom is -0.193 e. The van der Waals surface area contributed by atoms with Gasteiger partial charge in [0.05, 0.1) is 6.07 Å². The Labute approximate surface area is 145 Å². The normalized spacial score (nSPS) is 10.4. The fraction of sp³-hybridized carbons (Fsp3) is 0.619. The number of nitrogens with zero attached hydrogens (tertiary/aromatic N) is 1. The lowest BCUT2D eigenvalue weighted by Crippen LogP contribution is -2.03. The van der Waals surface area contributed by atoms with Gasteiger partial charge in [-0.15, -0.1) is 0 Å². The molecule has 130 valence electrons. The van der Waals surface area contributed by atoms with E-state index in [1.54, 1.807) is 0 Å². The van der Waals surface area contributed by atoms with Crippen molar-refractivity contribution in [1.29, 1.82) is 5.26 Å². The van der Waals surface area contributed by atoms with Crippen LogP contribution >= 0.6 is 6.89 Å². The molecular weight excluding hydrogens is 297 g/mol. The van der Waals surface area contributed by atoms with E-state index in [0.717, 1.165) is 0 Å². The molecule has 0 aliphatic rings. The molecule has 0 heterocycles. The molecule has 0 radical (unpaired) electrons. The lowest BCUT2D eigenvalue weighted by atomic mass is 10.2. The largest absolute Gasteiger partial charge is 0.193 e. The van der Waals surface area contributed by atoms with Crippen LogP contribution in [0.4, 0.5) is 0 Å². The summed E-state index contributed by atoms with van der Waals surface area (Å²) in [6, 6.07) is 12.6. The molecule has 1 nitrogen and oxygen atoms in total. The molecule has 0 fully saturated rings. The topological polar surface area (TPSA) is 23.8 Å². The Morgan fingerprint density at radius 3 is 1.57 bits per heavy atom. The van der Waals surface area contributed by atoms with Crippen molar-refractivity contribution in [2.45, 2.75) is 66.2 Å². The van der Waals surface area contributed by atoms with Crippen molar-refractivity contribution < 1.29 is 0 Å². The number of benzene rings is 1. The summed E-state index contributed by atoms with van der Waals surface area (Å²) in [7, 11) is 0. The molecule has 2 heteroatoms. The van der Waals surface area contributed by atoms with E-state index in [9.17, 15) is 0 Å². The van der Waals surface area contributed by atoms with Gasteiger partial charge in [-0.2, -0.15) is 5.26 Å². The first kappa shape index (κ1) is 22.0. The van der Waals surface area contributed by atoms with Gasteiger partial charge in [0.2, 0.25) is 0 Å². The standard InChI is InChI=1S/C14H28NP.C7H8/c1-4-7-11-16(14-10-15,12-8-5-2)13-9-6-3;1-7-5-3-2-4-6-7/h14H,4-9,11-13H2,1-3H3;2-6H,1H3. The average Bonchev–Trinajstić information content (AvgIpc) is 2.57. The number of rotatable bonds is 9. The van der Waals surface area contributed by atoms with Crippen molar-refractivity contribution in [3.63, 3.8) is 0 Å². The summed E-state index contributed by atoms with van der Waals surface area (Å²) < 4.78 is 0. The van der Waals surface area contributed by atoms with E-state index in [0.29, 0.717) is 0 Å². The molecule has 0 N–H and O–H groups in total. The van der Waals surface area contributed by atoms with E-state index in [-0.39, 0.29) is 0 Å². The molecule has 0 unspecified atom stereocenters. The van der Waals surface area contributed by atoms with Gasteiger partial charge in [-0.05, 0) is 44.7 Å². The zero-order valence-corrected chi connectivity index (χ0v) is 16.6. The second kappa shape index (κ2) is 14.6. The van der Waals surface area contributed by atoms with Crippen LogP contribution in [0.3, 0.4) is 0 Å². The van der Waals surface area contributed by atoms with Gasteiger partial charge in [-0.25, -0.2) is 0 Å². The third-order valence-corrected chi connectivity index (χ3v) is 8.43. The first-order valence-corrected chi connectivity index (χ1v) is 11.7. The van der Waals surface area contributed by atoms with Gasteiger partial charge in [-0.3, -0.25) is 0 Å². The Bertz CT molecular complexity index is 442. The van der Waals surface area contributed by atoms with Gasteiger partial charge in [0.25, 0.3) is 0 Å². The Kier molecular flexibility index (Phi) is 14.0. The van der Waals surface area contributed by atoms with E-state index in [1.165, 1.54) is 62.6 Å². The van der Waals surface area contributed by atoms with E-state index in [4.69, 9.17) is 5.26 Å². The minimum absolute atomic E-state index is 1.03. The van der Waals surface area contributed by atoms with E-state index < -0.39 is 6.89 Å². The first-order valence-electron chi connectivity index (χ1n) is 9.25. The zero-order chi connectivity index (χ0) is 17.4. The van der Waals surface area contributed by atoms with Crippen LogP contribution in [0, 0.1) is 18.3 Å². The van der Waals surface area contributed by atoms with Gasteiger partial charge in [0, 0.05) is 5.80 Å². The molecule has 0 atom stereocenters. The number of hydrogen-bond acceptors (Lipinski definition) is 1. The van der Waals surface area contributed by atoms with E-state index >= 15 is 0 Å². The zero-order valence-electron chi connectivity index (χ0n) is 15.7. The molecule has 0 bridgehead atoms. The van der Waals surface area contributed by atoms with Crippen molar-refractivity contribution in [3.8, 4) is 6.07 Å². The molecule has 0 amide bonds. The molecule has 1 aromatic rings. The lowest BCUT2D eigenvalue weighted by Gasteiger charge is -2.25. The van der Waals surface area contributed by atoms with Gasteiger partial charge < -0.3 is 0 Å². The Hall–Kier alpha value is -0.990. The predicted octanol–water partition coefficient (Wildman–Crippen LogP) is 6.73. The fourth-order valence-corrected chi connectivity index (χ4v) is 6.75. The predicted molar refractivity (Wildman–Crippen MR) is 109 cm³/mol. The summed E-state index contributed by atoms with van der Waals surface area (Å²) in [5, 5.41) is 9.02. The monoisotopic (exact) mass is 333 g/mol. The number of nitriles is 1. The highest BCUT2D eigenvalue weighted by molar-refractivity contribution is 7.75. The van der Waals surface area contributed by atoms with Crippen molar-refractivity contribution in [2.24, 2.45) is 0 Å². The highest BCUT2D eigenvalue weighted by Crippen LogP contribution is 2.49. The van der Waals surface area contributed by atoms with Gasteiger partial charge in [-0.1, -0.05) is 82.8 Å².